The fourth-order valence-corrected chi connectivity index (χ4v) is 4.85. The molecule has 0 aliphatic heterocycles. The average molecular weight is 418 g/mol. The van der Waals surface area contributed by atoms with Crippen LogP contribution in [-0.2, 0) is 10.0 Å². The van der Waals surface area contributed by atoms with Crippen LogP contribution in [0.3, 0.4) is 0 Å². The summed E-state index contributed by atoms with van der Waals surface area (Å²) in [5, 5.41) is 0. The molecule has 5 nitrogen and oxygen atoms in total. The van der Waals surface area contributed by atoms with Crippen LogP contribution in [0.25, 0.3) is 0 Å². The summed E-state index contributed by atoms with van der Waals surface area (Å²) in [6.45, 7) is 12.0. The van der Waals surface area contributed by atoms with Crippen molar-refractivity contribution in [2.75, 3.05) is 7.11 Å². The number of methoxy groups -OCH3 is 1. The van der Waals surface area contributed by atoms with Crippen molar-refractivity contribution in [1.82, 2.24) is 4.72 Å². The van der Waals surface area contributed by atoms with Gasteiger partial charge in [-0.2, -0.15) is 0 Å². The molecule has 0 saturated heterocycles. The minimum Gasteiger partial charge on any atom is -0.497 e. The minimum atomic E-state index is -4.05. The normalized spacial score (nSPS) is 11.9. The van der Waals surface area contributed by atoms with E-state index in [1.807, 2.05) is 39.8 Å². The number of sulfonamides is 1. The molecule has 1 N–H and O–H groups in total. The molecule has 158 valence electrons. The third kappa shape index (κ3) is 5.18. The maximum atomic E-state index is 13.3. The molecule has 0 saturated carbocycles. The summed E-state index contributed by atoms with van der Waals surface area (Å²) < 4.78 is 34.0. The Kier molecular flexibility index (Phi) is 7.11. The van der Waals surface area contributed by atoms with Gasteiger partial charge in [-0.05, 0) is 58.7 Å². The third-order valence-electron chi connectivity index (χ3n) is 4.93. The first-order valence-corrected chi connectivity index (χ1v) is 11.3. The maximum absolute atomic E-state index is 13.3. The van der Waals surface area contributed by atoms with Crippen LogP contribution in [0.15, 0.2) is 41.3 Å². The number of nitrogens with one attached hydrogen (secondary N) is 1. The number of benzene rings is 2. The van der Waals surface area contributed by atoms with Crippen molar-refractivity contribution in [1.29, 1.82) is 0 Å². The van der Waals surface area contributed by atoms with Gasteiger partial charge in [0.05, 0.1) is 12.0 Å². The number of carbonyl (C=O) groups is 1. The average Bonchev–Trinajstić information content (AvgIpc) is 2.66. The molecule has 0 aromatic heterocycles. The molecule has 0 aliphatic rings. The van der Waals surface area contributed by atoms with Crippen molar-refractivity contribution in [3.05, 3.63) is 58.7 Å². The molecule has 0 radical (unpaired) electrons. The molecule has 2 aromatic rings. The summed E-state index contributed by atoms with van der Waals surface area (Å²) in [6.07, 6.45) is 0. The maximum Gasteiger partial charge on any atom is 0.265 e. The van der Waals surface area contributed by atoms with Gasteiger partial charge in [0.1, 0.15) is 5.75 Å². The highest BCUT2D eigenvalue weighted by Gasteiger charge is 2.28. The van der Waals surface area contributed by atoms with Gasteiger partial charge in [-0.3, -0.25) is 4.79 Å². The van der Waals surface area contributed by atoms with Crippen LogP contribution >= 0.6 is 0 Å². The van der Waals surface area contributed by atoms with Gasteiger partial charge < -0.3 is 4.74 Å². The Morgan fingerprint density at radius 3 is 1.72 bits per heavy atom. The van der Waals surface area contributed by atoms with E-state index in [0.29, 0.717) is 5.75 Å². The highest BCUT2D eigenvalue weighted by Crippen LogP contribution is 2.35. The largest absolute Gasteiger partial charge is 0.497 e. The van der Waals surface area contributed by atoms with Gasteiger partial charge in [0, 0.05) is 5.56 Å². The lowest BCUT2D eigenvalue weighted by Crippen LogP contribution is -2.32. The summed E-state index contributed by atoms with van der Waals surface area (Å²) >= 11 is 0. The molecule has 2 aromatic carbocycles. The van der Waals surface area contributed by atoms with Gasteiger partial charge in [0.25, 0.3) is 15.9 Å². The standard InChI is InChI=1S/C23H31NO4S/c1-14(2)18-12-20(15(3)4)22(21(13-18)16(5)6)29(26,27)24-23(25)17-8-10-19(28-7)11-9-17/h8-16H,1-7H3,(H,24,25). The van der Waals surface area contributed by atoms with Crippen LogP contribution in [0.1, 0.15) is 86.3 Å². The second kappa shape index (κ2) is 8.99. The van der Waals surface area contributed by atoms with Gasteiger partial charge in [-0.15, -0.1) is 0 Å². The van der Waals surface area contributed by atoms with Crippen molar-refractivity contribution >= 4 is 15.9 Å². The predicted molar refractivity (Wildman–Crippen MR) is 116 cm³/mol. The zero-order valence-electron chi connectivity index (χ0n) is 18.2. The van der Waals surface area contributed by atoms with E-state index in [0.717, 1.165) is 16.7 Å². The first-order chi connectivity index (χ1) is 13.5. The first-order valence-electron chi connectivity index (χ1n) is 9.86. The van der Waals surface area contributed by atoms with Crippen LogP contribution in [0.5, 0.6) is 5.75 Å². The lowest BCUT2D eigenvalue weighted by atomic mass is 9.89. The Balaban J connectivity index is 2.56. The fourth-order valence-electron chi connectivity index (χ4n) is 3.17. The zero-order valence-corrected chi connectivity index (χ0v) is 19.1. The van der Waals surface area contributed by atoms with Crippen LogP contribution in [0.4, 0.5) is 0 Å². The molecule has 0 heterocycles. The first kappa shape index (κ1) is 22.9. The molecular weight excluding hydrogens is 386 g/mol. The van der Waals surface area contributed by atoms with E-state index < -0.39 is 15.9 Å². The van der Waals surface area contributed by atoms with Crippen molar-refractivity contribution in [3.63, 3.8) is 0 Å². The second-order valence-electron chi connectivity index (χ2n) is 8.16. The molecule has 0 fully saturated rings. The van der Waals surface area contributed by atoms with Crippen LogP contribution in [0, 0.1) is 0 Å². The fraction of sp³-hybridized carbons (Fsp3) is 0.435. The van der Waals surface area contributed by atoms with Gasteiger partial charge in [0.15, 0.2) is 0 Å². The number of hydrogen-bond acceptors (Lipinski definition) is 4. The summed E-state index contributed by atoms with van der Waals surface area (Å²) in [7, 11) is -2.52. The van der Waals surface area contributed by atoms with Gasteiger partial charge in [0.2, 0.25) is 0 Å². The third-order valence-corrected chi connectivity index (χ3v) is 6.39. The van der Waals surface area contributed by atoms with E-state index in [1.54, 1.807) is 12.1 Å². The molecule has 1 amide bonds. The number of rotatable bonds is 7. The number of hydrogen-bond donors (Lipinski definition) is 1. The van der Waals surface area contributed by atoms with Crippen molar-refractivity contribution < 1.29 is 17.9 Å². The molecule has 6 heteroatoms. The topological polar surface area (TPSA) is 72.5 Å². The van der Waals surface area contributed by atoms with E-state index in [1.165, 1.54) is 19.2 Å². The van der Waals surface area contributed by atoms with E-state index >= 15 is 0 Å². The summed E-state index contributed by atoms with van der Waals surface area (Å²) in [6, 6.07) is 10.2. The Bertz CT molecular complexity index is 945. The molecule has 29 heavy (non-hydrogen) atoms. The van der Waals surface area contributed by atoms with Gasteiger partial charge >= 0.3 is 0 Å². The SMILES string of the molecule is COc1ccc(C(=O)NS(=O)(=O)c2c(C(C)C)cc(C(C)C)cc2C(C)C)cc1. The number of amides is 1. The van der Waals surface area contributed by atoms with E-state index in [4.69, 9.17) is 4.74 Å². The summed E-state index contributed by atoms with van der Waals surface area (Å²) in [5.74, 6) is 0.196. The van der Waals surface area contributed by atoms with Crippen LogP contribution in [-0.4, -0.2) is 21.4 Å². The monoisotopic (exact) mass is 417 g/mol. The van der Waals surface area contributed by atoms with Crippen molar-refractivity contribution in [3.8, 4) is 5.75 Å². The Labute approximate surface area is 174 Å². The highest BCUT2D eigenvalue weighted by atomic mass is 32.2. The molecule has 0 bridgehead atoms. The Morgan fingerprint density at radius 1 is 0.862 bits per heavy atom. The Morgan fingerprint density at radius 2 is 1.34 bits per heavy atom. The molecule has 0 atom stereocenters. The lowest BCUT2D eigenvalue weighted by molar-refractivity contribution is 0.0981. The highest BCUT2D eigenvalue weighted by molar-refractivity contribution is 7.90. The van der Waals surface area contributed by atoms with Gasteiger partial charge in [-0.1, -0.05) is 53.7 Å². The van der Waals surface area contributed by atoms with Gasteiger partial charge in [-0.25, -0.2) is 13.1 Å². The van der Waals surface area contributed by atoms with E-state index in [2.05, 4.69) is 18.6 Å². The van der Waals surface area contributed by atoms with Crippen LogP contribution in [0.2, 0.25) is 0 Å². The second-order valence-corrected chi connectivity index (χ2v) is 9.77. The summed E-state index contributed by atoms with van der Waals surface area (Å²) in [5.41, 5.74) is 2.81. The minimum absolute atomic E-state index is 0.00568. The molecule has 0 spiro atoms. The molecule has 2 rings (SSSR count). The Hall–Kier alpha value is -2.34. The molecule has 0 unspecified atom stereocenters. The number of carbonyl (C=O) groups excluding carboxylic acids is 1. The molecular formula is C23H31NO4S. The smallest absolute Gasteiger partial charge is 0.265 e. The quantitative estimate of drug-likeness (QED) is 0.673. The number of ether oxygens (including phenoxy) is 1. The van der Waals surface area contributed by atoms with Crippen molar-refractivity contribution in [2.24, 2.45) is 0 Å². The zero-order chi connectivity index (χ0) is 21.9. The van der Waals surface area contributed by atoms with E-state index in [-0.39, 0.29) is 28.2 Å². The van der Waals surface area contributed by atoms with Crippen molar-refractivity contribution in [2.45, 2.75) is 64.2 Å². The van der Waals surface area contributed by atoms with E-state index in [9.17, 15) is 13.2 Å². The molecule has 0 aliphatic carbocycles. The predicted octanol–water partition coefficient (Wildman–Crippen LogP) is 5.18. The lowest BCUT2D eigenvalue weighted by Gasteiger charge is -2.22. The summed E-state index contributed by atoms with van der Waals surface area (Å²) in [4.78, 5) is 12.9. The van der Waals surface area contributed by atoms with Crippen LogP contribution < -0.4 is 9.46 Å².